The summed E-state index contributed by atoms with van der Waals surface area (Å²) in [6.07, 6.45) is 2.59. The third kappa shape index (κ3) is 5.27. The predicted octanol–water partition coefficient (Wildman–Crippen LogP) is 4.06. The van der Waals surface area contributed by atoms with Gasteiger partial charge in [0.15, 0.2) is 0 Å². The van der Waals surface area contributed by atoms with Gasteiger partial charge in [0.1, 0.15) is 10.7 Å². The minimum atomic E-state index is -0.509. The summed E-state index contributed by atoms with van der Waals surface area (Å²) >= 11 is 1.35. The van der Waals surface area contributed by atoms with Crippen molar-refractivity contribution < 1.29 is 14.5 Å². The van der Waals surface area contributed by atoms with Crippen LogP contribution in [0.5, 0.6) is 0 Å². The first kappa shape index (κ1) is 25.4. The zero-order chi connectivity index (χ0) is 26.2. The number of aromatic nitrogens is 4. The van der Waals surface area contributed by atoms with E-state index in [1.807, 2.05) is 27.7 Å². The highest BCUT2D eigenvalue weighted by atomic mass is 32.1. The number of nitrogens with zero attached hydrogens (tertiary/aromatic N) is 6. The molecule has 0 atom stereocenters. The number of nitrogens with one attached hydrogen (secondary N) is 1. The van der Waals surface area contributed by atoms with Crippen molar-refractivity contribution in [3.05, 3.63) is 62.2 Å². The van der Waals surface area contributed by atoms with Crippen LogP contribution in [0.1, 0.15) is 76.8 Å². The van der Waals surface area contributed by atoms with Crippen LogP contribution in [0, 0.1) is 17.0 Å². The maximum atomic E-state index is 13.2. The van der Waals surface area contributed by atoms with Gasteiger partial charge in [0.2, 0.25) is 5.13 Å². The zero-order valence-electron chi connectivity index (χ0n) is 20.9. The highest BCUT2D eigenvalue weighted by Crippen LogP contribution is 2.32. The van der Waals surface area contributed by atoms with Crippen LogP contribution < -0.4 is 5.32 Å². The second-order valence-electron chi connectivity index (χ2n) is 10.0. The van der Waals surface area contributed by atoms with Crippen LogP contribution in [0.25, 0.3) is 0 Å². The maximum Gasteiger partial charge on any atom is 0.287 e. The van der Waals surface area contributed by atoms with Crippen molar-refractivity contribution in [3.63, 3.8) is 0 Å². The molecule has 3 aromatic heterocycles. The highest BCUT2D eigenvalue weighted by molar-refractivity contribution is 7.15. The lowest BCUT2D eigenvalue weighted by atomic mass is 9.89. The lowest BCUT2D eigenvalue weighted by Crippen LogP contribution is -2.39. The van der Waals surface area contributed by atoms with Gasteiger partial charge in [0.25, 0.3) is 17.5 Å². The van der Waals surface area contributed by atoms with Gasteiger partial charge in [-0.1, -0.05) is 32.1 Å². The van der Waals surface area contributed by atoms with Crippen LogP contribution in [0.15, 0.2) is 24.4 Å². The van der Waals surface area contributed by atoms with E-state index in [-0.39, 0.29) is 34.5 Å². The molecule has 36 heavy (non-hydrogen) atoms. The maximum absolute atomic E-state index is 13.2. The molecule has 1 fully saturated rings. The Morgan fingerprint density at radius 2 is 1.89 bits per heavy atom. The Bertz CT molecular complexity index is 1320. The molecular formula is C24H29N7O4S. The molecule has 1 aliphatic heterocycles. The van der Waals surface area contributed by atoms with Gasteiger partial charge in [-0.25, -0.2) is 0 Å². The SMILES string of the molecule is Cc1ccc(C(=O)Nc2nnc(C(C)(C)C)s2)c(C2CCN(C(=O)c3cc([N+](=O)[O-])cn3C)CC2)n1. The molecule has 3 aromatic rings. The molecule has 11 nitrogen and oxygen atoms in total. The summed E-state index contributed by atoms with van der Waals surface area (Å²) in [5.41, 5.74) is 2.00. The molecule has 2 amide bonds. The Balaban J connectivity index is 1.48. The number of carbonyl (C=O) groups excluding carboxylic acids is 2. The largest absolute Gasteiger partial charge is 0.340 e. The summed E-state index contributed by atoms with van der Waals surface area (Å²) in [6, 6.07) is 4.89. The molecule has 4 heterocycles. The average Bonchev–Trinajstić information content (AvgIpc) is 3.45. The molecule has 12 heteroatoms. The number of amides is 2. The molecule has 0 radical (unpaired) electrons. The van der Waals surface area contributed by atoms with E-state index < -0.39 is 4.92 Å². The van der Waals surface area contributed by atoms with E-state index >= 15 is 0 Å². The van der Waals surface area contributed by atoms with Crippen LogP contribution in [0.2, 0.25) is 0 Å². The fourth-order valence-corrected chi connectivity index (χ4v) is 5.00. The first-order valence-corrected chi connectivity index (χ1v) is 12.5. The predicted molar refractivity (Wildman–Crippen MR) is 135 cm³/mol. The number of piperidine rings is 1. The fraction of sp³-hybridized carbons (Fsp3) is 0.458. The van der Waals surface area contributed by atoms with Crippen molar-refractivity contribution in [2.45, 2.75) is 51.9 Å². The van der Waals surface area contributed by atoms with E-state index in [2.05, 4.69) is 15.5 Å². The smallest absolute Gasteiger partial charge is 0.287 e. The molecule has 1 aliphatic rings. The Labute approximate surface area is 212 Å². The first-order chi connectivity index (χ1) is 16.9. The molecule has 0 bridgehead atoms. The van der Waals surface area contributed by atoms with E-state index in [1.54, 1.807) is 24.1 Å². The van der Waals surface area contributed by atoms with Crippen molar-refractivity contribution in [1.29, 1.82) is 0 Å². The van der Waals surface area contributed by atoms with Crippen molar-refractivity contribution in [1.82, 2.24) is 24.6 Å². The minimum Gasteiger partial charge on any atom is -0.340 e. The lowest BCUT2D eigenvalue weighted by Gasteiger charge is -2.32. The lowest BCUT2D eigenvalue weighted by molar-refractivity contribution is -0.384. The number of nitro groups is 1. The number of anilines is 1. The number of likely N-dealkylation sites (tertiary alicyclic amines) is 1. The number of hydrogen-bond acceptors (Lipinski definition) is 8. The van der Waals surface area contributed by atoms with Crippen LogP contribution in [-0.4, -0.2) is 54.5 Å². The van der Waals surface area contributed by atoms with E-state index in [4.69, 9.17) is 4.98 Å². The molecule has 1 N–H and O–H groups in total. The topological polar surface area (TPSA) is 136 Å². The van der Waals surface area contributed by atoms with Gasteiger partial charge in [-0.05, 0) is 31.9 Å². The second kappa shape index (κ2) is 9.76. The number of hydrogen-bond donors (Lipinski definition) is 1. The molecule has 0 spiro atoms. The quantitative estimate of drug-likeness (QED) is 0.403. The van der Waals surface area contributed by atoms with Gasteiger partial charge in [-0.15, -0.1) is 10.2 Å². The average molecular weight is 512 g/mol. The van der Waals surface area contributed by atoms with Crippen LogP contribution >= 0.6 is 11.3 Å². The molecule has 0 saturated carbocycles. The third-order valence-corrected chi connectivity index (χ3v) is 7.45. The summed E-state index contributed by atoms with van der Waals surface area (Å²) < 4.78 is 1.48. The van der Waals surface area contributed by atoms with Gasteiger partial charge in [0.05, 0.1) is 22.4 Å². The van der Waals surface area contributed by atoms with Crippen molar-refractivity contribution in [2.24, 2.45) is 7.05 Å². The fourth-order valence-electron chi connectivity index (χ4n) is 4.20. The van der Waals surface area contributed by atoms with Gasteiger partial charge in [-0.2, -0.15) is 0 Å². The van der Waals surface area contributed by atoms with Crippen molar-refractivity contribution in [3.8, 4) is 0 Å². The number of rotatable bonds is 5. The van der Waals surface area contributed by atoms with Crippen molar-refractivity contribution >= 4 is 34.0 Å². The Morgan fingerprint density at radius 1 is 1.19 bits per heavy atom. The number of carbonyl (C=O) groups is 2. The Hall–Kier alpha value is -3.67. The van der Waals surface area contributed by atoms with E-state index in [1.165, 1.54) is 28.2 Å². The van der Waals surface area contributed by atoms with Crippen molar-refractivity contribution in [2.75, 3.05) is 18.4 Å². The standard InChI is InChI=1S/C24H29N7O4S/c1-14-6-7-17(20(32)26-23-28-27-22(36-23)24(2,3)4)19(25-14)15-8-10-30(11-9-15)21(33)18-12-16(31(34)35)13-29(18)5/h6-7,12-13,15H,8-11H2,1-5H3,(H,26,28,32). The Kier molecular flexibility index (Phi) is 6.90. The Morgan fingerprint density at radius 3 is 2.47 bits per heavy atom. The van der Waals surface area contributed by atoms with E-state index in [0.717, 1.165) is 10.7 Å². The van der Waals surface area contributed by atoms with E-state index in [0.29, 0.717) is 42.3 Å². The second-order valence-corrected chi connectivity index (χ2v) is 11.0. The number of pyridine rings is 1. The number of aryl methyl sites for hydroxylation is 2. The summed E-state index contributed by atoms with van der Waals surface area (Å²) in [6.45, 7) is 8.92. The molecule has 0 aromatic carbocycles. The van der Waals surface area contributed by atoms with Gasteiger partial charge < -0.3 is 9.47 Å². The van der Waals surface area contributed by atoms with Gasteiger partial charge >= 0.3 is 0 Å². The minimum absolute atomic E-state index is 0.00277. The monoisotopic (exact) mass is 511 g/mol. The molecule has 190 valence electrons. The van der Waals surface area contributed by atoms with Crippen LogP contribution in [0.3, 0.4) is 0 Å². The summed E-state index contributed by atoms with van der Waals surface area (Å²) in [7, 11) is 1.62. The summed E-state index contributed by atoms with van der Waals surface area (Å²) in [4.78, 5) is 43.1. The van der Waals surface area contributed by atoms with Crippen LogP contribution in [0.4, 0.5) is 10.8 Å². The highest BCUT2D eigenvalue weighted by Gasteiger charge is 2.30. The normalized spacial score (nSPS) is 14.6. The third-order valence-electron chi connectivity index (χ3n) is 6.18. The van der Waals surface area contributed by atoms with Gasteiger partial charge in [0, 0.05) is 43.2 Å². The first-order valence-electron chi connectivity index (χ1n) is 11.7. The molecular weight excluding hydrogens is 482 g/mol. The van der Waals surface area contributed by atoms with Crippen LogP contribution in [-0.2, 0) is 12.5 Å². The van der Waals surface area contributed by atoms with E-state index in [9.17, 15) is 19.7 Å². The molecule has 0 aliphatic carbocycles. The molecule has 1 saturated heterocycles. The zero-order valence-corrected chi connectivity index (χ0v) is 21.8. The van der Waals surface area contributed by atoms with Gasteiger partial charge in [-0.3, -0.25) is 30.0 Å². The molecule has 0 unspecified atom stereocenters. The summed E-state index contributed by atoms with van der Waals surface area (Å²) in [5.74, 6) is -0.536. The molecule has 4 rings (SSSR count). The summed E-state index contributed by atoms with van der Waals surface area (Å²) in [5, 5.41) is 23.5.